The smallest absolute Gasteiger partial charge is 0.247 e. The van der Waals surface area contributed by atoms with E-state index in [1.807, 2.05) is 0 Å². The van der Waals surface area contributed by atoms with E-state index in [0.717, 1.165) is 19.3 Å². The molecule has 0 heterocycles. The molecule has 0 N–H and O–H groups in total. The molecule has 1 aromatic rings. The van der Waals surface area contributed by atoms with Gasteiger partial charge in [0.05, 0.1) is 6.42 Å². The number of benzene rings is 1. The number of unbranched alkanes of at least 4 members (excludes halogenated alkanes) is 6. The molecule has 0 spiro atoms. The standard InChI is InChI=1S/C16H23O2/c17-16(18)14-10-5-3-1-2-4-7-11-15-12-8-6-9-13-15/h6,8-9,12-13H,1-5,7,10-11,14H2. The number of hydrogen-bond acceptors (Lipinski definition) is 1. The Bertz CT molecular complexity index is 319. The van der Waals surface area contributed by atoms with Crippen LogP contribution in [0.2, 0.25) is 0 Å². The average molecular weight is 247 g/mol. The Morgan fingerprint density at radius 3 is 1.94 bits per heavy atom. The fourth-order valence-corrected chi connectivity index (χ4v) is 2.13. The van der Waals surface area contributed by atoms with Crippen LogP contribution in [0.1, 0.15) is 56.9 Å². The lowest BCUT2D eigenvalue weighted by atomic mass is 10.0. The Kier molecular flexibility index (Phi) is 7.94. The minimum Gasteiger partial charge on any atom is -0.247 e. The first-order valence-electron chi connectivity index (χ1n) is 7.03. The van der Waals surface area contributed by atoms with E-state index < -0.39 is 5.97 Å². The highest BCUT2D eigenvalue weighted by Gasteiger charge is 1.98. The molecule has 0 bridgehead atoms. The van der Waals surface area contributed by atoms with Crippen molar-refractivity contribution in [2.45, 2.75) is 57.8 Å². The van der Waals surface area contributed by atoms with Crippen molar-refractivity contribution in [3.63, 3.8) is 0 Å². The van der Waals surface area contributed by atoms with Gasteiger partial charge in [-0.1, -0.05) is 62.4 Å². The monoisotopic (exact) mass is 247 g/mol. The molecule has 0 saturated carbocycles. The summed E-state index contributed by atoms with van der Waals surface area (Å²) in [5.74, 6) is -0.919. The van der Waals surface area contributed by atoms with E-state index in [9.17, 15) is 9.90 Å². The van der Waals surface area contributed by atoms with Crippen molar-refractivity contribution in [2.24, 2.45) is 0 Å². The van der Waals surface area contributed by atoms with Crippen molar-refractivity contribution >= 4 is 5.97 Å². The molecule has 0 aliphatic rings. The summed E-state index contributed by atoms with van der Waals surface area (Å²) in [6.45, 7) is 0. The van der Waals surface area contributed by atoms with Gasteiger partial charge in [-0.05, 0) is 24.8 Å². The van der Waals surface area contributed by atoms with Crippen LogP contribution in [0.5, 0.6) is 0 Å². The Balaban J connectivity index is 1.86. The maximum Gasteiger partial charge on any atom is 0.355 e. The van der Waals surface area contributed by atoms with Crippen LogP contribution >= 0.6 is 0 Å². The normalized spacial score (nSPS) is 10.4. The highest BCUT2D eigenvalue weighted by molar-refractivity contribution is 5.66. The minimum absolute atomic E-state index is 0.216. The molecule has 0 fully saturated rings. The summed E-state index contributed by atoms with van der Waals surface area (Å²) in [5.41, 5.74) is 1.42. The van der Waals surface area contributed by atoms with Crippen LogP contribution in [0.3, 0.4) is 0 Å². The van der Waals surface area contributed by atoms with Crippen molar-refractivity contribution in [3.05, 3.63) is 35.9 Å². The van der Waals surface area contributed by atoms with Gasteiger partial charge >= 0.3 is 5.97 Å². The summed E-state index contributed by atoms with van der Waals surface area (Å²) in [4.78, 5) is 10.2. The van der Waals surface area contributed by atoms with Gasteiger partial charge in [0.25, 0.3) is 0 Å². The van der Waals surface area contributed by atoms with Crippen LogP contribution in [0, 0.1) is 0 Å². The zero-order chi connectivity index (χ0) is 13.1. The molecule has 0 unspecified atom stereocenters. The van der Waals surface area contributed by atoms with Gasteiger partial charge in [0, 0.05) is 0 Å². The fraction of sp³-hybridized carbons (Fsp3) is 0.562. The van der Waals surface area contributed by atoms with Crippen LogP contribution in [0.4, 0.5) is 0 Å². The molecular weight excluding hydrogens is 224 g/mol. The first kappa shape index (κ1) is 14.7. The van der Waals surface area contributed by atoms with E-state index in [0.29, 0.717) is 0 Å². The van der Waals surface area contributed by atoms with Gasteiger partial charge in [0.1, 0.15) is 0 Å². The fourth-order valence-electron chi connectivity index (χ4n) is 2.13. The minimum atomic E-state index is -0.919. The first-order valence-corrected chi connectivity index (χ1v) is 7.03. The second-order valence-electron chi connectivity index (χ2n) is 4.83. The van der Waals surface area contributed by atoms with Crippen LogP contribution in [-0.2, 0) is 16.3 Å². The van der Waals surface area contributed by atoms with Gasteiger partial charge in [-0.3, -0.25) is 0 Å². The third kappa shape index (κ3) is 7.88. The topological polar surface area (TPSA) is 37.0 Å². The summed E-state index contributed by atoms with van der Waals surface area (Å²) in [6, 6.07) is 10.6. The van der Waals surface area contributed by atoms with Crippen molar-refractivity contribution in [1.29, 1.82) is 0 Å². The van der Waals surface area contributed by atoms with Crippen molar-refractivity contribution < 1.29 is 9.90 Å². The molecule has 0 aromatic heterocycles. The Morgan fingerprint density at radius 2 is 1.33 bits per heavy atom. The summed E-state index contributed by atoms with van der Waals surface area (Å²) in [7, 11) is 0. The number of carbonyl (C=O) groups excluding carboxylic acids is 1. The quantitative estimate of drug-likeness (QED) is 0.568. The highest BCUT2D eigenvalue weighted by Crippen LogP contribution is 2.11. The molecule has 99 valence electrons. The molecule has 0 aliphatic carbocycles. The van der Waals surface area contributed by atoms with E-state index in [1.165, 1.54) is 37.7 Å². The van der Waals surface area contributed by atoms with Gasteiger partial charge < -0.3 is 0 Å². The van der Waals surface area contributed by atoms with E-state index in [4.69, 9.17) is 0 Å². The Labute approximate surface area is 110 Å². The molecule has 0 saturated heterocycles. The summed E-state index contributed by atoms with van der Waals surface area (Å²) in [5, 5.41) is 10.2. The predicted octanol–water partition coefficient (Wildman–Crippen LogP) is 4.31. The Hall–Kier alpha value is -1.31. The molecule has 0 amide bonds. The van der Waals surface area contributed by atoms with E-state index in [-0.39, 0.29) is 6.42 Å². The molecule has 2 nitrogen and oxygen atoms in total. The molecule has 0 aliphatic heterocycles. The zero-order valence-corrected chi connectivity index (χ0v) is 11.1. The van der Waals surface area contributed by atoms with Gasteiger partial charge in [0.15, 0.2) is 0 Å². The molecule has 1 aromatic carbocycles. The molecule has 2 heteroatoms. The average Bonchev–Trinajstić information content (AvgIpc) is 2.37. The maximum atomic E-state index is 10.2. The van der Waals surface area contributed by atoms with Gasteiger partial charge in [-0.2, -0.15) is 0 Å². The zero-order valence-electron chi connectivity index (χ0n) is 11.1. The lowest BCUT2D eigenvalue weighted by Gasteiger charge is -2.02. The van der Waals surface area contributed by atoms with Crippen molar-refractivity contribution in [2.75, 3.05) is 0 Å². The second kappa shape index (κ2) is 9.69. The number of hydrogen-bond donors (Lipinski definition) is 0. The van der Waals surface area contributed by atoms with Crippen LogP contribution in [0.15, 0.2) is 30.3 Å². The SMILES string of the molecule is [O]C(=O)CCCCCCCCCc1ccccc1. The lowest BCUT2D eigenvalue weighted by molar-refractivity contribution is -0.143. The number of aryl methyl sites for hydroxylation is 1. The van der Waals surface area contributed by atoms with Gasteiger partial charge in [-0.15, -0.1) is 0 Å². The number of carbonyl (C=O) groups is 1. The first-order chi connectivity index (χ1) is 8.79. The van der Waals surface area contributed by atoms with E-state index in [2.05, 4.69) is 30.3 Å². The summed E-state index contributed by atoms with van der Waals surface area (Å²) >= 11 is 0. The Morgan fingerprint density at radius 1 is 0.778 bits per heavy atom. The molecule has 1 rings (SSSR count). The third-order valence-electron chi connectivity index (χ3n) is 3.19. The molecule has 18 heavy (non-hydrogen) atoms. The molecular formula is C16H23O2. The van der Waals surface area contributed by atoms with Crippen molar-refractivity contribution in [1.82, 2.24) is 0 Å². The van der Waals surface area contributed by atoms with E-state index in [1.54, 1.807) is 0 Å². The van der Waals surface area contributed by atoms with Crippen molar-refractivity contribution in [3.8, 4) is 0 Å². The highest BCUT2D eigenvalue weighted by atomic mass is 16.4. The second-order valence-corrected chi connectivity index (χ2v) is 4.83. The lowest BCUT2D eigenvalue weighted by Crippen LogP contribution is -1.91. The van der Waals surface area contributed by atoms with Gasteiger partial charge in [-0.25, -0.2) is 9.90 Å². The third-order valence-corrected chi connectivity index (χ3v) is 3.19. The summed E-state index contributed by atoms with van der Waals surface area (Å²) in [6.07, 6.45) is 9.34. The van der Waals surface area contributed by atoms with Crippen LogP contribution in [-0.4, -0.2) is 5.97 Å². The summed E-state index contributed by atoms with van der Waals surface area (Å²) < 4.78 is 0. The maximum absolute atomic E-state index is 10.2. The van der Waals surface area contributed by atoms with Crippen LogP contribution in [0.25, 0.3) is 0 Å². The molecule has 0 atom stereocenters. The number of rotatable bonds is 10. The molecule has 1 radical (unpaired) electrons. The van der Waals surface area contributed by atoms with Crippen LogP contribution < -0.4 is 0 Å². The predicted molar refractivity (Wildman–Crippen MR) is 72.8 cm³/mol. The van der Waals surface area contributed by atoms with Gasteiger partial charge in [0.2, 0.25) is 0 Å². The van der Waals surface area contributed by atoms with E-state index >= 15 is 0 Å². The largest absolute Gasteiger partial charge is 0.355 e.